The number of nitrogens with zero attached hydrogens (tertiary/aromatic N) is 2. The number of aliphatic imine (C=N–C) groups is 1. The van der Waals surface area contributed by atoms with Gasteiger partial charge in [0.1, 0.15) is 17.5 Å². The first-order valence-electron chi connectivity index (χ1n) is 8.25. The first kappa shape index (κ1) is 17.2. The Labute approximate surface area is 153 Å². The molecule has 0 radical (unpaired) electrons. The summed E-state index contributed by atoms with van der Waals surface area (Å²) in [6.45, 7) is 0. The predicted octanol–water partition coefficient (Wildman–Crippen LogP) is 5.10. The number of hydrogen-bond acceptors (Lipinski definition) is 3. The topological polar surface area (TPSA) is 45.4 Å². The van der Waals surface area contributed by atoms with E-state index in [1.807, 2.05) is 84.9 Å². The predicted molar refractivity (Wildman–Crippen MR) is 105 cm³/mol. The van der Waals surface area contributed by atoms with Crippen LogP contribution in [-0.4, -0.2) is 12.8 Å². The summed E-state index contributed by atoms with van der Waals surface area (Å²) < 4.78 is 5.24. The Morgan fingerprint density at radius 2 is 1.50 bits per heavy atom. The molecule has 3 nitrogen and oxygen atoms in total. The van der Waals surface area contributed by atoms with Crippen LogP contribution in [0, 0.1) is 11.3 Å². The van der Waals surface area contributed by atoms with Crippen molar-refractivity contribution < 1.29 is 4.74 Å². The second kappa shape index (κ2) is 8.46. The van der Waals surface area contributed by atoms with Gasteiger partial charge in [0.15, 0.2) is 0 Å². The lowest BCUT2D eigenvalue weighted by molar-refractivity contribution is 0.414. The van der Waals surface area contributed by atoms with Crippen LogP contribution in [0.5, 0.6) is 5.75 Å². The van der Waals surface area contributed by atoms with Crippen LogP contribution in [0.4, 0.5) is 0 Å². The number of methoxy groups -OCH3 is 1. The van der Waals surface area contributed by atoms with Crippen LogP contribution < -0.4 is 4.74 Å². The van der Waals surface area contributed by atoms with Crippen molar-refractivity contribution in [3.8, 4) is 11.8 Å². The van der Waals surface area contributed by atoms with Crippen LogP contribution in [0.25, 0.3) is 6.08 Å². The van der Waals surface area contributed by atoms with Crippen molar-refractivity contribution in [3.05, 3.63) is 107 Å². The SMILES string of the molecule is COc1cccc(/C=C(/C#N)N=C(c2ccccc2)c2ccccc2)c1. The van der Waals surface area contributed by atoms with Crippen LogP contribution in [-0.2, 0) is 0 Å². The Morgan fingerprint density at radius 1 is 0.885 bits per heavy atom. The summed E-state index contributed by atoms with van der Waals surface area (Å²) in [4.78, 5) is 4.66. The molecule has 3 rings (SSSR count). The van der Waals surface area contributed by atoms with Gasteiger partial charge in [-0.15, -0.1) is 0 Å². The quantitative estimate of drug-likeness (QED) is 0.480. The molecule has 3 aromatic carbocycles. The Hall–Kier alpha value is -3.64. The summed E-state index contributed by atoms with van der Waals surface area (Å²) in [5, 5.41) is 9.60. The number of nitriles is 1. The molecule has 0 heterocycles. The summed E-state index contributed by atoms with van der Waals surface area (Å²) in [7, 11) is 1.62. The molecular formula is C23H18N2O. The van der Waals surface area contributed by atoms with Crippen molar-refractivity contribution in [3.63, 3.8) is 0 Å². The fraction of sp³-hybridized carbons (Fsp3) is 0.0435. The molecule has 0 aromatic heterocycles. The summed E-state index contributed by atoms with van der Waals surface area (Å²) in [5.74, 6) is 0.742. The van der Waals surface area contributed by atoms with E-state index in [0.717, 1.165) is 28.2 Å². The minimum Gasteiger partial charge on any atom is -0.497 e. The number of allylic oxidation sites excluding steroid dienone is 1. The van der Waals surface area contributed by atoms with Crippen molar-refractivity contribution in [1.82, 2.24) is 0 Å². The van der Waals surface area contributed by atoms with Gasteiger partial charge in [0.2, 0.25) is 0 Å². The average molecular weight is 338 g/mol. The zero-order valence-electron chi connectivity index (χ0n) is 14.5. The Morgan fingerprint density at radius 3 is 2.04 bits per heavy atom. The highest BCUT2D eigenvalue weighted by molar-refractivity contribution is 6.13. The molecule has 3 heteroatoms. The van der Waals surface area contributed by atoms with Crippen LogP contribution in [0.3, 0.4) is 0 Å². The van der Waals surface area contributed by atoms with Gasteiger partial charge in [-0.25, -0.2) is 4.99 Å². The molecule has 0 N–H and O–H groups in total. The highest BCUT2D eigenvalue weighted by Crippen LogP contribution is 2.18. The maximum atomic E-state index is 9.60. The molecule has 3 aromatic rings. The number of rotatable bonds is 5. The van der Waals surface area contributed by atoms with E-state index < -0.39 is 0 Å². The van der Waals surface area contributed by atoms with E-state index in [4.69, 9.17) is 4.74 Å². The summed E-state index contributed by atoms with van der Waals surface area (Å²) in [6.07, 6.45) is 1.76. The van der Waals surface area contributed by atoms with Crippen molar-refractivity contribution in [1.29, 1.82) is 5.26 Å². The minimum atomic E-state index is 0.334. The molecular weight excluding hydrogens is 320 g/mol. The molecule has 0 fully saturated rings. The molecule has 0 atom stereocenters. The molecule has 0 saturated heterocycles. The lowest BCUT2D eigenvalue weighted by Crippen LogP contribution is -2.03. The van der Waals surface area contributed by atoms with Crippen LogP contribution in [0.2, 0.25) is 0 Å². The van der Waals surface area contributed by atoms with E-state index in [0.29, 0.717) is 5.70 Å². The molecule has 26 heavy (non-hydrogen) atoms. The van der Waals surface area contributed by atoms with Crippen LogP contribution >= 0.6 is 0 Å². The molecule has 0 aliphatic carbocycles. The fourth-order valence-corrected chi connectivity index (χ4v) is 2.59. The van der Waals surface area contributed by atoms with E-state index in [1.54, 1.807) is 13.2 Å². The third-order valence-corrected chi connectivity index (χ3v) is 3.84. The van der Waals surface area contributed by atoms with Crippen LogP contribution in [0.1, 0.15) is 16.7 Å². The van der Waals surface area contributed by atoms with Gasteiger partial charge in [-0.1, -0.05) is 72.8 Å². The van der Waals surface area contributed by atoms with Gasteiger partial charge < -0.3 is 4.74 Å². The number of benzene rings is 3. The van der Waals surface area contributed by atoms with E-state index >= 15 is 0 Å². The highest BCUT2D eigenvalue weighted by Gasteiger charge is 2.08. The second-order valence-electron chi connectivity index (χ2n) is 5.61. The minimum absolute atomic E-state index is 0.334. The molecule has 0 amide bonds. The van der Waals surface area contributed by atoms with E-state index in [9.17, 15) is 5.26 Å². The van der Waals surface area contributed by atoms with E-state index in [-0.39, 0.29) is 0 Å². The largest absolute Gasteiger partial charge is 0.497 e. The van der Waals surface area contributed by atoms with Crippen LogP contribution in [0.15, 0.2) is 95.6 Å². The standard InChI is InChI=1S/C23H18N2O/c1-26-22-14-8-9-18(16-22)15-21(17-24)25-23(19-10-4-2-5-11-19)20-12-6-3-7-13-20/h2-16H,1H3/b21-15-. The van der Waals surface area contributed by atoms with Gasteiger partial charge >= 0.3 is 0 Å². The van der Waals surface area contributed by atoms with E-state index in [2.05, 4.69) is 11.1 Å². The average Bonchev–Trinajstić information content (AvgIpc) is 2.72. The normalized spacial score (nSPS) is 10.7. The number of hydrogen-bond donors (Lipinski definition) is 0. The zero-order valence-corrected chi connectivity index (χ0v) is 14.5. The monoisotopic (exact) mass is 338 g/mol. The van der Waals surface area contributed by atoms with E-state index in [1.165, 1.54) is 0 Å². The third kappa shape index (κ3) is 4.25. The third-order valence-electron chi connectivity index (χ3n) is 3.84. The van der Waals surface area contributed by atoms with Crippen molar-refractivity contribution in [2.45, 2.75) is 0 Å². The molecule has 0 spiro atoms. The number of ether oxygens (including phenoxy) is 1. The Kier molecular flexibility index (Phi) is 5.59. The molecule has 0 saturated carbocycles. The van der Waals surface area contributed by atoms with Gasteiger partial charge in [0, 0.05) is 11.1 Å². The summed E-state index contributed by atoms with van der Waals surface area (Å²) in [5.41, 5.74) is 3.89. The maximum absolute atomic E-state index is 9.60. The molecule has 126 valence electrons. The smallest absolute Gasteiger partial charge is 0.141 e. The van der Waals surface area contributed by atoms with Crippen molar-refractivity contribution in [2.24, 2.45) is 4.99 Å². The Bertz CT molecular complexity index is 926. The van der Waals surface area contributed by atoms with Gasteiger partial charge in [0.05, 0.1) is 12.8 Å². The first-order valence-corrected chi connectivity index (χ1v) is 8.25. The maximum Gasteiger partial charge on any atom is 0.141 e. The van der Waals surface area contributed by atoms with Gasteiger partial charge in [-0.05, 0) is 23.8 Å². The first-order chi connectivity index (χ1) is 12.8. The second-order valence-corrected chi connectivity index (χ2v) is 5.61. The highest BCUT2D eigenvalue weighted by atomic mass is 16.5. The summed E-state index contributed by atoms with van der Waals surface area (Å²) in [6, 6.07) is 29.5. The van der Waals surface area contributed by atoms with Gasteiger partial charge in [-0.3, -0.25) is 0 Å². The zero-order chi connectivity index (χ0) is 18.2. The molecule has 0 aliphatic heterocycles. The van der Waals surface area contributed by atoms with Crippen molar-refractivity contribution in [2.75, 3.05) is 7.11 Å². The van der Waals surface area contributed by atoms with Gasteiger partial charge in [-0.2, -0.15) is 5.26 Å². The van der Waals surface area contributed by atoms with Gasteiger partial charge in [0.25, 0.3) is 0 Å². The molecule has 0 bridgehead atoms. The summed E-state index contributed by atoms with van der Waals surface area (Å²) >= 11 is 0. The lowest BCUT2D eigenvalue weighted by atomic mass is 10.0. The van der Waals surface area contributed by atoms with Crippen molar-refractivity contribution >= 4 is 11.8 Å². The lowest BCUT2D eigenvalue weighted by Gasteiger charge is -2.07. The Balaban J connectivity index is 2.08. The molecule has 0 unspecified atom stereocenters. The molecule has 0 aliphatic rings. The fourth-order valence-electron chi connectivity index (χ4n) is 2.59.